The lowest BCUT2D eigenvalue weighted by atomic mass is 10.2. The van der Waals surface area contributed by atoms with E-state index in [1.807, 2.05) is 12.1 Å². The lowest BCUT2D eigenvalue weighted by Gasteiger charge is -2.22. The van der Waals surface area contributed by atoms with Crippen LogP contribution in [0.3, 0.4) is 0 Å². The molecule has 9 heteroatoms. The quantitative estimate of drug-likeness (QED) is 0.692. The third kappa shape index (κ3) is 5.14. The first-order valence-electron chi connectivity index (χ1n) is 8.26. The van der Waals surface area contributed by atoms with Crippen molar-refractivity contribution in [2.45, 2.75) is 12.8 Å². The van der Waals surface area contributed by atoms with Crippen LogP contribution in [-0.4, -0.2) is 33.9 Å². The smallest absolute Gasteiger partial charge is 0.232 e. The van der Waals surface area contributed by atoms with Crippen LogP contribution < -0.4 is 19.1 Å². The van der Waals surface area contributed by atoms with Gasteiger partial charge in [0, 0.05) is 29.2 Å². The van der Waals surface area contributed by atoms with Gasteiger partial charge in [-0.15, -0.1) is 0 Å². The minimum atomic E-state index is -3.50. The van der Waals surface area contributed by atoms with Crippen LogP contribution in [0, 0.1) is 0 Å². The fourth-order valence-electron chi connectivity index (χ4n) is 2.67. The van der Waals surface area contributed by atoms with Crippen molar-refractivity contribution in [2.24, 2.45) is 0 Å². The zero-order chi connectivity index (χ0) is 19.4. The number of hydrogen-bond acceptors (Lipinski definition) is 5. The van der Waals surface area contributed by atoms with Gasteiger partial charge in [-0.1, -0.05) is 15.9 Å². The Morgan fingerprint density at radius 1 is 1.15 bits per heavy atom. The molecule has 0 aliphatic carbocycles. The van der Waals surface area contributed by atoms with Crippen molar-refractivity contribution in [3.8, 4) is 11.5 Å². The summed E-state index contributed by atoms with van der Waals surface area (Å²) in [5.41, 5.74) is 1.18. The molecule has 1 amide bonds. The second-order valence-electron chi connectivity index (χ2n) is 6.03. The molecule has 144 valence electrons. The van der Waals surface area contributed by atoms with Gasteiger partial charge in [-0.25, -0.2) is 8.42 Å². The first-order valence-corrected chi connectivity index (χ1v) is 10.9. The largest absolute Gasteiger partial charge is 0.454 e. The molecule has 0 unspecified atom stereocenters. The van der Waals surface area contributed by atoms with E-state index in [1.54, 1.807) is 30.3 Å². The van der Waals surface area contributed by atoms with Crippen molar-refractivity contribution in [3.63, 3.8) is 0 Å². The third-order valence-electron chi connectivity index (χ3n) is 3.94. The fraction of sp³-hybridized carbons (Fsp3) is 0.278. The summed E-state index contributed by atoms with van der Waals surface area (Å²) in [6, 6.07) is 12.2. The predicted molar refractivity (Wildman–Crippen MR) is 107 cm³/mol. The van der Waals surface area contributed by atoms with Gasteiger partial charge in [-0.2, -0.15) is 0 Å². The highest BCUT2D eigenvalue weighted by atomic mass is 79.9. The molecular formula is C18H19BrN2O5S. The van der Waals surface area contributed by atoms with E-state index in [2.05, 4.69) is 21.2 Å². The number of hydrogen-bond donors (Lipinski definition) is 1. The second kappa shape index (κ2) is 8.18. The highest BCUT2D eigenvalue weighted by Gasteiger charge is 2.21. The normalized spacial score (nSPS) is 12.7. The second-order valence-corrected chi connectivity index (χ2v) is 8.85. The van der Waals surface area contributed by atoms with Crippen LogP contribution in [0.25, 0.3) is 0 Å². The average molecular weight is 455 g/mol. The number of sulfonamides is 1. The van der Waals surface area contributed by atoms with Crippen molar-refractivity contribution in [1.29, 1.82) is 0 Å². The van der Waals surface area contributed by atoms with Crippen molar-refractivity contribution in [2.75, 3.05) is 29.2 Å². The molecule has 1 aliphatic rings. The van der Waals surface area contributed by atoms with Gasteiger partial charge in [0.25, 0.3) is 0 Å². The Bertz CT molecular complexity index is 931. The SMILES string of the molecule is CS(=O)(=O)N(CCCC(=O)Nc1ccc(Br)cc1)c1ccc2c(c1)OCO2. The van der Waals surface area contributed by atoms with E-state index < -0.39 is 10.0 Å². The molecule has 27 heavy (non-hydrogen) atoms. The summed E-state index contributed by atoms with van der Waals surface area (Å²) >= 11 is 3.34. The molecule has 0 radical (unpaired) electrons. The van der Waals surface area contributed by atoms with Gasteiger partial charge in [0.05, 0.1) is 11.9 Å². The van der Waals surface area contributed by atoms with E-state index in [4.69, 9.17) is 9.47 Å². The van der Waals surface area contributed by atoms with Crippen molar-refractivity contribution in [1.82, 2.24) is 0 Å². The molecule has 2 aromatic carbocycles. The molecule has 0 bridgehead atoms. The topological polar surface area (TPSA) is 84.9 Å². The molecule has 7 nitrogen and oxygen atoms in total. The highest BCUT2D eigenvalue weighted by Crippen LogP contribution is 2.36. The minimum Gasteiger partial charge on any atom is -0.454 e. The Morgan fingerprint density at radius 3 is 2.56 bits per heavy atom. The summed E-state index contributed by atoms with van der Waals surface area (Å²) in [6.45, 7) is 0.306. The Balaban J connectivity index is 1.60. The number of anilines is 2. The van der Waals surface area contributed by atoms with E-state index in [-0.39, 0.29) is 25.7 Å². The Hall–Kier alpha value is -2.26. The molecule has 0 saturated heterocycles. The van der Waals surface area contributed by atoms with Gasteiger partial charge in [-0.05, 0) is 42.8 Å². The summed E-state index contributed by atoms with van der Waals surface area (Å²) in [5, 5.41) is 2.79. The monoisotopic (exact) mass is 454 g/mol. The maximum atomic E-state index is 12.2. The molecule has 0 fully saturated rings. The Morgan fingerprint density at radius 2 is 1.85 bits per heavy atom. The van der Waals surface area contributed by atoms with Crippen molar-refractivity contribution >= 4 is 43.2 Å². The molecular weight excluding hydrogens is 436 g/mol. The van der Waals surface area contributed by atoms with Gasteiger partial charge in [0.15, 0.2) is 11.5 Å². The van der Waals surface area contributed by atoms with Crippen molar-refractivity contribution < 1.29 is 22.7 Å². The van der Waals surface area contributed by atoms with Gasteiger partial charge in [-0.3, -0.25) is 9.10 Å². The fourth-order valence-corrected chi connectivity index (χ4v) is 3.89. The lowest BCUT2D eigenvalue weighted by Crippen LogP contribution is -2.31. The zero-order valence-electron chi connectivity index (χ0n) is 14.6. The number of amides is 1. The standard InChI is InChI=1S/C18H19BrN2O5S/c1-27(23,24)21(15-8-9-16-17(11-15)26-12-25-16)10-2-3-18(22)20-14-6-4-13(19)5-7-14/h4-9,11H,2-3,10,12H2,1H3,(H,20,22). The molecule has 1 heterocycles. The summed E-state index contributed by atoms with van der Waals surface area (Å²) in [5.74, 6) is 0.923. The number of carbonyl (C=O) groups is 1. The lowest BCUT2D eigenvalue weighted by molar-refractivity contribution is -0.116. The number of fused-ring (bicyclic) bond motifs is 1. The number of rotatable bonds is 7. The van der Waals surface area contributed by atoms with Crippen LogP contribution in [0.1, 0.15) is 12.8 Å². The van der Waals surface area contributed by atoms with Crippen LogP contribution in [0.5, 0.6) is 11.5 Å². The molecule has 2 aromatic rings. The maximum absolute atomic E-state index is 12.2. The van der Waals surface area contributed by atoms with Crippen molar-refractivity contribution in [3.05, 3.63) is 46.9 Å². The van der Waals surface area contributed by atoms with Gasteiger partial charge >= 0.3 is 0 Å². The molecule has 1 N–H and O–H groups in total. The van der Waals surface area contributed by atoms with E-state index in [0.29, 0.717) is 29.3 Å². The van der Waals surface area contributed by atoms with E-state index in [0.717, 1.165) is 10.7 Å². The van der Waals surface area contributed by atoms with Gasteiger partial charge in [0.2, 0.25) is 22.7 Å². The van der Waals surface area contributed by atoms with E-state index >= 15 is 0 Å². The highest BCUT2D eigenvalue weighted by molar-refractivity contribution is 9.10. The first-order chi connectivity index (χ1) is 12.8. The molecule has 1 aliphatic heterocycles. The molecule has 0 spiro atoms. The zero-order valence-corrected chi connectivity index (χ0v) is 17.0. The summed E-state index contributed by atoms with van der Waals surface area (Å²) in [7, 11) is -3.50. The Labute approximate surface area is 166 Å². The average Bonchev–Trinajstić information content (AvgIpc) is 3.07. The first kappa shape index (κ1) is 19.5. The maximum Gasteiger partial charge on any atom is 0.232 e. The summed E-state index contributed by atoms with van der Waals surface area (Å²) in [6.07, 6.45) is 1.72. The predicted octanol–water partition coefficient (Wildman–Crippen LogP) is 3.36. The number of nitrogens with one attached hydrogen (secondary N) is 1. The van der Waals surface area contributed by atoms with Crippen LogP contribution in [0.2, 0.25) is 0 Å². The number of nitrogens with zero attached hydrogens (tertiary/aromatic N) is 1. The van der Waals surface area contributed by atoms with Crippen LogP contribution in [-0.2, 0) is 14.8 Å². The van der Waals surface area contributed by atoms with Crippen LogP contribution >= 0.6 is 15.9 Å². The number of benzene rings is 2. The number of ether oxygens (including phenoxy) is 2. The molecule has 3 rings (SSSR count). The number of halogens is 1. The molecule has 0 aromatic heterocycles. The van der Waals surface area contributed by atoms with E-state index in [9.17, 15) is 13.2 Å². The Kier molecular flexibility index (Phi) is 5.91. The van der Waals surface area contributed by atoms with Crippen LogP contribution in [0.15, 0.2) is 46.9 Å². The van der Waals surface area contributed by atoms with E-state index in [1.165, 1.54) is 4.31 Å². The number of carbonyl (C=O) groups excluding carboxylic acids is 1. The minimum absolute atomic E-state index is 0.119. The summed E-state index contributed by atoms with van der Waals surface area (Å²) in [4.78, 5) is 12.1. The third-order valence-corrected chi connectivity index (χ3v) is 5.66. The molecule has 0 atom stereocenters. The van der Waals surface area contributed by atoms with Gasteiger partial charge in [0.1, 0.15) is 0 Å². The van der Waals surface area contributed by atoms with Gasteiger partial charge < -0.3 is 14.8 Å². The summed E-state index contributed by atoms with van der Waals surface area (Å²) < 4.78 is 37.1. The molecule has 0 saturated carbocycles. The van der Waals surface area contributed by atoms with Crippen LogP contribution in [0.4, 0.5) is 11.4 Å².